The molecule has 0 aromatic rings. The Labute approximate surface area is 110 Å². The second-order valence-electron chi connectivity index (χ2n) is 5.63. The van der Waals surface area contributed by atoms with E-state index in [1.54, 1.807) is 0 Å². The zero-order chi connectivity index (χ0) is 12.6. The Morgan fingerprint density at radius 1 is 1.22 bits per heavy atom. The lowest BCUT2D eigenvalue weighted by Crippen LogP contribution is -2.44. The van der Waals surface area contributed by atoms with Gasteiger partial charge in [-0.05, 0) is 12.3 Å². The maximum absolute atomic E-state index is 11.7. The van der Waals surface area contributed by atoms with Crippen molar-refractivity contribution < 1.29 is 4.79 Å². The number of hydrogen-bond donors (Lipinski definition) is 2. The average Bonchev–Trinajstić information content (AvgIpc) is 2.91. The molecule has 0 bridgehead atoms. The molecule has 1 saturated heterocycles. The zero-order valence-electron chi connectivity index (χ0n) is 11.4. The van der Waals surface area contributed by atoms with E-state index in [4.69, 9.17) is 0 Å². The highest BCUT2D eigenvalue weighted by Gasteiger charge is 2.15. The van der Waals surface area contributed by atoms with Crippen molar-refractivity contribution in [3.05, 3.63) is 0 Å². The number of carbonyl (C=O) groups excluding carboxylic acids is 1. The first-order valence-electron chi connectivity index (χ1n) is 7.54. The Morgan fingerprint density at radius 2 is 1.94 bits per heavy atom. The van der Waals surface area contributed by atoms with E-state index in [1.165, 1.54) is 32.1 Å². The second-order valence-corrected chi connectivity index (χ2v) is 5.63. The van der Waals surface area contributed by atoms with Crippen molar-refractivity contribution in [1.29, 1.82) is 0 Å². The minimum Gasteiger partial charge on any atom is -0.356 e. The van der Waals surface area contributed by atoms with Crippen LogP contribution in [0.5, 0.6) is 0 Å². The molecule has 0 aromatic carbocycles. The third-order valence-electron chi connectivity index (χ3n) is 4.21. The fraction of sp³-hybridized carbons (Fsp3) is 0.929. The molecule has 1 heterocycles. The van der Waals surface area contributed by atoms with E-state index in [-0.39, 0.29) is 5.91 Å². The van der Waals surface area contributed by atoms with Crippen LogP contribution in [0.3, 0.4) is 0 Å². The molecule has 0 aromatic heterocycles. The van der Waals surface area contributed by atoms with Gasteiger partial charge >= 0.3 is 0 Å². The molecule has 1 amide bonds. The Morgan fingerprint density at radius 3 is 2.67 bits per heavy atom. The first kappa shape index (κ1) is 13.8. The molecule has 18 heavy (non-hydrogen) atoms. The van der Waals surface area contributed by atoms with Crippen LogP contribution in [0.1, 0.15) is 38.5 Å². The van der Waals surface area contributed by atoms with E-state index in [0.717, 1.165) is 45.2 Å². The van der Waals surface area contributed by atoms with Crippen LogP contribution in [-0.4, -0.2) is 50.1 Å². The Kier molecular flexibility index (Phi) is 5.94. The maximum atomic E-state index is 11.7. The van der Waals surface area contributed by atoms with E-state index >= 15 is 0 Å². The monoisotopic (exact) mass is 253 g/mol. The molecule has 1 aliphatic heterocycles. The molecular formula is C14H27N3O. The summed E-state index contributed by atoms with van der Waals surface area (Å²) < 4.78 is 0. The van der Waals surface area contributed by atoms with Crippen molar-refractivity contribution in [2.24, 2.45) is 5.92 Å². The molecule has 0 spiro atoms. The fourth-order valence-corrected chi connectivity index (χ4v) is 3.00. The summed E-state index contributed by atoms with van der Waals surface area (Å²) in [5.41, 5.74) is 0. The molecule has 0 atom stereocenters. The zero-order valence-corrected chi connectivity index (χ0v) is 11.4. The molecule has 0 unspecified atom stereocenters. The molecule has 2 rings (SSSR count). The number of nitrogens with zero attached hydrogens (tertiary/aromatic N) is 1. The van der Waals surface area contributed by atoms with Crippen molar-refractivity contribution >= 4 is 5.91 Å². The van der Waals surface area contributed by atoms with Crippen molar-refractivity contribution in [3.63, 3.8) is 0 Å². The standard InChI is InChI=1S/C14H27N3O/c18-14(6-10-17-11-8-15-9-12-17)16-7-5-13-3-1-2-4-13/h13,15H,1-12H2,(H,16,18). The number of piperazine rings is 1. The van der Waals surface area contributed by atoms with Crippen LogP contribution in [-0.2, 0) is 4.79 Å². The molecule has 0 radical (unpaired) electrons. The quantitative estimate of drug-likeness (QED) is 0.741. The third kappa shape index (κ3) is 4.94. The van der Waals surface area contributed by atoms with Gasteiger partial charge in [0.15, 0.2) is 0 Å². The molecule has 2 fully saturated rings. The molecule has 4 heteroatoms. The van der Waals surface area contributed by atoms with Crippen molar-refractivity contribution in [2.75, 3.05) is 39.3 Å². The summed E-state index contributed by atoms with van der Waals surface area (Å²) in [7, 11) is 0. The lowest BCUT2D eigenvalue weighted by atomic mass is 10.0. The van der Waals surface area contributed by atoms with Gasteiger partial charge in [0.05, 0.1) is 0 Å². The number of amides is 1. The summed E-state index contributed by atoms with van der Waals surface area (Å²) in [6.45, 7) is 6.07. The van der Waals surface area contributed by atoms with Gasteiger partial charge in [-0.2, -0.15) is 0 Å². The predicted octanol–water partition coefficient (Wildman–Crippen LogP) is 0.978. The van der Waals surface area contributed by atoms with Crippen LogP contribution < -0.4 is 10.6 Å². The highest BCUT2D eigenvalue weighted by Crippen LogP contribution is 2.26. The van der Waals surface area contributed by atoms with Gasteiger partial charge in [-0.3, -0.25) is 4.79 Å². The topological polar surface area (TPSA) is 44.4 Å². The van der Waals surface area contributed by atoms with Crippen LogP contribution >= 0.6 is 0 Å². The Hall–Kier alpha value is -0.610. The largest absolute Gasteiger partial charge is 0.356 e. The minimum absolute atomic E-state index is 0.228. The first-order valence-corrected chi connectivity index (χ1v) is 7.54. The van der Waals surface area contributed by atoms with E-state index < -0.39 is 0 Å². The predicted molar refractivity (Wildman–Crippen MR) is 73.5 cm³/mol. The lowest BCUT2D eigenvalue weighted by Gasteiger charge is -2.26. The highest BCUT2D eigenvalue weighted by atomic mass is 16.1. The summed E-state index contributed by atoms with van der Waals surface area (Å²) in [6, 6.07) is 0. The molecule has 104 valence electrons. The van der Waals surface area contributed by atoms with Gasteiger partial charge in [-0.25, -0.2) is 0 Å². The minimum atomic E-state index is 0.228. The number of carbonyl (C=O) groups is 1. The summed E-state index contributed by atoms with van der Waals surface area (Å²) >= 11 is 0. The van der Waals surface area contributed by atoms with Crippen molar-refractivity contribution in [3.8, 4) is 0 Å². The Balaban J connectivity index is 1.49. The molecule has 1 saturated carbocycles. The van der Waals surface area contributed by atoms with E-state index in [9.17, 15) is 4.79 Å². The lowest BCUT2D eigenvalue weighted by molar-refractivity contribution is -0.121. The van der Waals surface area contributed by atoms with Crippen LogP contribution in [0.2, 0.25) is 0 Å². The van der Waals surface area contributed by atoms with E-state index in [1.807, 2.05) is 0 Å². The molecule has 2 N–H and O–H groups in total. The number of rotatable bonds is 6. The average molecular weight is 253 g/mol. The molecular weight excluding hydrogens is 226 g/mol. The van der Waals surface area contributed by atoms with Crippen LogP contribution in [0.4, 0.5) is 0 Å². The smallest absolute Gasteiger partial charge is 0.221 e. The van der Waals surface area contributed by atoms with Gasteiger partial charge in [-0.15, -0.1) is 0 Å². The van der Waals surface area contributed by atoms with E-state index in [0.29, 0.717) is 6.42 Å². The van der Waals surface area contributed by atoms with Crippen molar-refractivity contribution in [1.82, 2.24) is 15.5 Å². The third-order valence-corrected chi connectivity index (χ3v) is 4.21. The van der Waals surface area contributed by atoms with Gasteiger partial charge < -0.3 is 15.5 Å². The Bertz CT molecular complexity index is 245. The maximum Gasteiger partial charge on any atom is 0.221 e. The summed E-state index contributed by atoms with van der Waals surface area (Å²) in [4.78, 5) is 14.1. The van der Waals surface area contributed by atoms with Gasteiger partial charge in [0, 0.05) is 45.7 Å². The van der Waals surface area contributed by atoms with Gasteiger partial charge in [0.2, 0.25) is 5.91 Å². The summed E-state index contributed by atoms with van der Waals surface area (Å²) in [6.07, 6.45) is 7.36. The van der Waals surface area contributed by atoms with Gasteiger partial charge in [-0.1, -0.05) is 25.7 Å². The van der Waals surface area contributed by atoms with Crippen LogP contribution in [0, 0.1) is 5.92 Å². The second kappa shape index (κ2) is 7.74. The molecule has 1 aliphatic carbocycles. The highest BCUT2D eigenvalue weighted by molar-refractivity contribution is 5.76. The van der Waals surface area contributed by atoms with Crippen LogP contribution in [0.15, 0.2) is 0 Å². The van der Waals surface area contributed by atoms with Gasteiger partial charge in [0.1, 0.15) is 0 Å². The van der Waals surface area contributed by atoms with Gasteiger partial charge in [0.25, 0.3) is 0 Å². The first-order chi connectivity index (χ1) is 8.84. The van der Waals surface area contributed by atoms with E-state index in [2.05, 4.69) is 15.5 Å². The SMILES string of the molecule is O=C(CCN1CCNCC1)NCCC1CCCC1. The number of nitrogens with one attached hydrogen (secondary N) is 2. The number of hydrogen-bond acceptors (Lipinski definition) is 3. The molecule has 4 nitrogen and oxygen atoms in total. The summed E-state index contributed by atoms with van der Waals surface area (Å²) in [5, 5.41) is 6.39. The summed E-state index contributed by atoms with van der Waals surface area (Å²) in [5.74, 6) is 1.10. The fourth-order valence-electron chi connectivity index (χ4n) is 3.00. The van der Waals surface area contributed by atoms with Crippen LogP contribution in [0.25, 0.3) is 0 Å². The van der Waals surface area contributed by atoms with Crippen molar-refractivity contribution in [2.45, 2.75) is 38.5 Å². The normalized spacial score (nSPS) is 22.2. The molecule has 2 aliphatic rings.